The summed E-state index contributed by atoms with van der Waals surface area (Å²) in [7, 11) is -3.74. The molecule has 2 aromatic carbocycles. The summed E-state index contributed by atoms with van der Waals surface area (Å²) in [5, 5.41) is 2.77. The Hall–Kier alpha value is -3.98. The standard InChI is InChI=1S/C23H21N5O3S/c1-16-3-4-17(2)21(13-16)32(30,31)27-19-7-5-18(6-8-19)23(29)26-20-9-10-22(25-14-20)28-12-11-24-15-28/h3-15,27H,1-2H3,(H,26,29). The molecule has 0 aliphatic heterocycles. The SMILES string of the molecule is Cc1ccc(C)c(S(=O)(=O)Nc2ccc(C(=O)Nc3ccc(-n4ccnc4)nc3)cc2)c1. The summed E-state index contributed by atoms with van der Waals surface area (Å²) >= 11 is 0. The Morgan fingerprint density at radius 2 is 1.72 bits per heavy atom. The fourth-order valence-electron chi connectivity index (χ4n) is 3.11. The van der Waals surface area contributed by atoms with Gasteiger partial charge >= 0.3 is 0 Å². The van der Waals surface area contributed by atoms with Crippen LogP contribution in [0, 0.1) is 13.8 Å². The van der Waals surface area contributed by atoms with E-state index in [1.165, 1.54) is 0 Å². The zero-order valence-corrected chi connectivity index (χ0v) is 18.3. The van der Waals surface area contributed by atoms with Crippen molar-refractivity contribution in [1.82, 2.24) is 14.5 Å². The summed E-state index contributed by atoms with van der Waals surface area (Å²) in [5.74, 6) is 0.354. The van der Waals surface area contributed by atoms with E-state index in [4.69, 9.17) is 0 Å². The Labute approximate surface area is 186 Å². The van der Waals surface area contributed by atoms with Gasteiger partial charge in [0, 0.05) is 23.6 Å². The highest BCUT2D eigenvalue weighted by atomic mass is 32.2. The molecule has 32 heavy (non-hydrogen) atoms. The number of hydrogen-bond donors (Lipinski definition) is 2. The van der Waals surface area contributed by atoms with E-state index in [-0.39, 0.29) is 10.8 Å². The minimum Gasteiger partial charge on any atom is -0.321 e. The number of aryl methyl sites for hydroxylation is 2. The second-order valence-corrected chi connectivity index (χ2v) is 8.93. The van der Waals surface area contributed by atoms with E-state index in [1.54, 1.807) is 84.9 Å². The molecule has 2 N–H and O–H groups in total. The van der Waals surface area contributed by atoms with E-state index in [0.717, 1.165) is 5.56 Å². The molecule has 4 rings (SSSR count). The van der Waals surface area contributed by atoms with Crippen LogP contribution in [0.25, 0.3) is 5.82 Å². The molecule has 0 unspecified atom stereocenters. The van der Waals surface area contributed by atoms with Gasteiger partial charge in [-0.05, 0) is 67.4 Å². The fourth-order valence-corrected chi connectivity index (χ4v) is 4.50. The number of imidazole rings is 1. The van der Waals surface area contributed by atoms with Gasteiger partial charge in [-0.2, -0.15) is 0 Å². The Balaban J connectivity index is 1.44. The molecule has 0 aliphatic carbocycles. The highest BCUT2D eigenvalue weighted by molar-refractivity contribution is 7.92. The van der Waals surface area contributed by atoms with Crippen LogP contribution >= 0.6 is 0 Å². The van der Waals surface area contributed by atoms with Gasteiger partial charge in [0.25, 0.3) is 15.9 Å². The predicted octanol–water partition coefficient (Wildman–Crippen LogP) is 3.94. The van der Waals surface area contributed by atoms with Gasteiger partial charge in [-0.1, -0.05) is 12.1 Å². The number of pyridine rings is 1. The predicted molar refractivity (Wildman–Crippen MR) is 122 cm³/mol. The first-order chi connectivity index (χ1) is 15.3. The number of amides is 1. The summed E-state index contributed by atoms with van der Waals surface area (Å²) in [6, 6.07) is 15.0. The van der Waals surface area contributed by atoms with Gasteiger partial charge in [0.05, 0.1) is 16.8 Å². The Morgan fingerprint density at radius 1 is 0.969 bits per heavy atom. The molecule has 0 fully saturated rings. The van der Waals surface area contributed by atoms with Crippen molar-refractivity contribution in [3.05, 3.63) is 96.2 Å². The van der Waals surface area contributed by atoms with Crippen LogP contribution in [0.3, 0.4) is 0 Å². The zero-order valence-electron chi connectivity index (χ0n) is 17.5. The molecule has 0 spiro atoms. The number of nitrogens with zero attached hydrogens (tertiary/aromatic N) is 3. The summed E-state index contributed by atoms with van der Waals surface area (Å²) in [6.07, 6.45) is 6.62. The van der Waals surface area contributed by atoms with Gasteiger partial charge in [0.2, 0.25) is 0 Å². The number of benzene rings is 2. The van der Waals surface area contributed by atoms with E-state index < -0.39 is 10.0 Å². The van der Waals surface area contributed by atoms with Gasteiger partial charge in [-0.15, -0.1) is 0 Å². The molecule has 162 valence electrons. The minimum absolute atomic E-state index is 0.228. The topological polar surface area (TPSA) is 106 Å². The lowest BCUT2D eigenvalue weighted by atomic mass is 10.2. The molecule has 0 radical (unpaired) electrons. The van der Waals surface area contributed by atoms with Gasteiger partial charge < -0.3 is 5.32 Å². The normalized spacial score (nSPS) is 11.2. The maximum absolute atomic E-state index is 12.7. The van der Waals surface area contributed by atoms with Crippen LogP contribution in [0.15, 0.2) is 84.4 Å². The highest BCUT2D eigenvalue weighted by Gasteiger charge is 2.17. The van der Waals surface area contributed by atoms with Crippen molar-refractivity contribution in [3.63, 3.8) is 0 Å². The molecule has 0 atom stereocenters. The fraction of sp³-hybridized carbons (Fsp3) is 0.0870. The lowest BCUT2D eigenvalue weighted by Crippen LogP contribution is -2.15. The second kappa shape index (κ2) is 8.64. The van der Waals surface area contributed by atoms with Crippen LogP contribution in [-0.4, -0.2) is 28.9 Å². The largest absolute Gasteiger partial charge is 0.321 e. The lowest BCUT2D eigenvalue weighted by molar-refractivity contribution is 0.102. The third kappa shape index (κ3) is 4.68. The monoisotopic (exact) mass is 447 g/mol. The number of carbonyl (C=O) groups excluding carboxylic acids is 1. The molecule has 0 aliphatic rings. The number of carbonyl (C=O) groups is 1. The number of rotatable bonds is 6. The first-order valence-electron chi connectivity index (χ1n) is 9.78. The Kier molecular flexibility index (Phi) is 5.74. The van der Waals surface area contributed by atoms with Crippen molar-refractivity contribution in [1.29, 1.82) is 0 Å². The minimum atomic E-state index is -3.74. The molecule has 1 amide bonds. The van der Waals surface area contributed by atoms with Crippen LogP contribution in [0.2, 0.25) is 0 Å². The third-order valence-electron chi connectivity index (χ3n) is 4.81. The molecular formula is C23H21N5O3S. The number of hydrogen-bond acceptors (Lipinski definition) is 5. The summed E-state index contributed by atoms with van der Waals surface area (Å²) in [5.41, 5.74) is 2.81. The molecule has 0 bridgehead atoms. The van der Waals surface area contributed by atoms with E-state index in [2.05, 4.69) is 20.0 Å². The van der Waals surface area contributed by atoms with Crippen molar-refractivity contribution in [3.8, 4) is 5.82 Å². The van der Waals surface area contributed by atoms with E-state index >= 15 is 0 Å². The van der Waals surface area contributed by atoms with E-state index in [9.17, 15) is 13.2 Å². The summed E-state index contributed by atoms with van der Waals surface area (Å²) in [6.45, 7) is 3.59. The van der Waals surface area contributed by atoms with E-state index in [1.807, 2.05) is 13.0 Å². The first kappa shape index (κ1) is 21.3. The van der Waals surface area contributed by atoms with Crippen LogP contribution < -0.4 is 10.0 Å². The van der Waals surface area contributed by atoms with Crippen molar-refractivity contribution >= 4 is 27.3 Å². The number of nitrogens with one attached hydrogen (secondary N) is 2. The Bertz CT molecular complexity index is 1350. The molecule has 0 saturated heterocycles. The van der Waals surface area contributed by atoms with Gasteiger partial charge in [-0.3, -0.25) is 14.1 Å². The smallest absolute Gasteiger partial charge is 0.262 e. The summed E-state index contributed by atoms with van der Waals surface area (Å²) in [4.78, 5) is 21.0. The number of sulfonamides is 1. The third-order valence-corrected chi connectivity index (χ3v) is 6.33. The van der Waals surface area contributed by atoms with Gasteiger partial charge in [-0.25, -0.2) is 18.4 Å². The average molecular weight is 448 g/mol. The van der Waals surface area contributed by atoms with Crippen LogP contribution in [0.4, 0.5) is 11.4 Å². The molecule has 8 nitrogen and oxygen atoms in total. The second-order valence-electron chi connectivity index (χ2n) is 7.28. The van der Waals surface area contributed by atoms with Crippen molar-refractivity contribution in [2.75, 3.05) is 10.0 Å². The van der Waals surface area contributed by atoms with Crippen molar-refractivity contribution in [2.24, 2.45) is 0 Å². The maximum atomic E-state index is 12.7. The van der Waals surface area contributed by atoms with Crippen LogP contribution in [0.5, 0.6) is 0 Å². The van der Waals surface area contributed by atoms with Crippen molar-refractivity contribution in [2.45, 2.75) is 18.7 Å². The highest BCUT2D eigenvalue weighted by Crippen LogP contribution is 2.21. The van der Waals surface area contributed by atoms with Crippen LogP contribution in [-0.2, 0) is 10.0 Å². The molecule has 4 aromatic rings. The van der Waals surface area contributed by atoms with Gasteiger partial charge in [0.1, 0.15) is 12.1 Å². The molecule has 0 saturated carbocycles. The van der Waals surface area contributed by atoms with Crippen LogP contribution in [0.1, 0.15) is 21.5 Å². The van der Waals surface area contributed by atoms with E-state index in [0.29, 0.717) is 28.3 Å². The summed E-state index contributed by atoms with van der Waals surface area (Å²) < 4.78 is 29.8. The molecule has 2 aromatic heterocycles. The Morgan fingerprint density at radius 3 is 2.38 bits per heavy atom. The van der Waals surface area contributed by atoms with Crippen molar-refractivity contribution < 1.29 is 13.2 Å². The molecule has 2 heterocycles. The molecule has 9 heteroatoms. The molecular weight excluding hydrogens is 426 g/mol. The lowest BCUT2D eigenvalue weighted by Gasteiger charge is -2.12. The number of aromatic nitrogens is 3. The first-order valence-corrected chi connectivity index (χ1v) is 11.3. The number of anilines is 2. The average Bonchev–Trinajstić information content (AvgIpc) is 3.31. The quantitative estimate of drug-likeness (QED) is 0.466. The maximum Gasteiger partial charge on any atom is 0.262 e. The van der Waals surface area contributed by atoms with Gasteiger partial charge in [0.15, 0.2) is 0 Å². The zero-order chi connectivity index (χ0) is 22.7.